The van der Waals surface area contributed by atoms with Crippen LogP contribution >= 0.6 is 34.5 Å². The number of aliphatic imine (C=N–C) groups is 2. The Balaban J connectivity index is 2.43. The van der Waals surface area contributed by atoms with Crippen LogP contribution in [0.25, 0.3) is 0 Å². The van der Waals surface area contributed by atoms with Crippen LogP contribution in [0.5, 0.6) is 0 Å². The average Bonchev–Trinajstić information content (AvgIpc) is 2.94. The fourth-order valence-corrected chi connectivity index (χ4v) is 3.44. The van der Waals surface area contributed by atoms with E-state index in [4.69, 9.17) is 33.7 Å². The smallest absolute Gasteiger partial charge is 0.172 e. The summed E-state index contributed by atoms with van der Waals surface area (Å²) in [7, 11) is 0. The minimum Gasteiger partial charge on any atom is -0.172 e. The van der Waals surface area contributed by atoms with Crippen LogP contribution in [-0.4, -0.2) is 11.4 Å². The Bertz CT molecular complexity index is 825. The van der Waals surface area contributed by atoms with Crippen molar-refractivity contribution in [1.29, 1.82) is 10.5 Å². The first-order chi connectivity index (χ1) is 10.2. The molecule has 0 fully saturated rings. The molecular weight excluding hydrogens is 327 g/mol. The summed E-state index contributed by atoms with van der Waals surface area (Å²) in [5.41, 5.74) is 3.09. The normalized spacial score (nSPS) is 16.2. The van der Waals surface area contributed by atoms with E-state index >= 15 is 0 Å². The maximum Gasteiger partial charge on any atom is 0.206 e. The summed E-state index contributed by atoms with van der Waals surface area (Å²) in [6.07, 6.45) is 3.61. The SMILES string of the molecule is N#CN=C1c2cc(Cl)c(Cl)cc2C(=NC#N)c2sccc21. The van der Waals surface area contributed by atoms with Crippen molar-refractivity contribution in [1.82, 2.24) is 0 Å². The zero-order valence-electron chi connectivity index (χ0n) is 10.3. The minimum absolute atomic E-state index is 0.357. The van der Waals surface area contributed by atoms with Gasteiger partial charge in [0.15, 0.2) is 0 Å². The molecule has 4 nitrogen and oxygen atoms in total. The van der Waals surface area contributed by atoms with Crippen LogP contribution < -0.4 is 0 Å². The molecule has 0 atom stereocenters. The van der Waals surface area contributed by atoms with E-state index in [2.05, 4.69) is 9.98 Å². The molecule has 3 rings (SSSR count). The Hall–Kier alpha value is -2.18. The van der Waals surface area contributed by atoms with Gasteiger partial charge in [0, 0.05) is 16.7 Å². The second-order valence-electron chi connectivity index (χ2n) is 4.10. The first-order valence-electron chi connectivity index (χ1n) is 5.69. The highest BCUT2D eigenvalue weighted by molar-refractivity contribution is 7.13. The molecule has 0 saturated carbocycles. The first-order valence-corrected chi connectivity index (χ1v) is 7.32. The summed E-state index contributed by atoms with van der Waals surface area (Å²) in [6.45, 7) is 0. The molecule has 0 N–H and O–H groups in total. The van der Waals surface area contributed by atoms with E-state index in [1.807, 2.05) is 11.4 Å². The summed E-state index contributed by atoms with van der Waals surface area (Å²) in [6, 6.07) is 5.13. The van der Waals surface area contributed by atoms with Gasteiger partial charge in [0.2, 0.25) is 12.4 Å². The molecule has 2 aromatic rings. The maximum absolute atomic E-state index is 8.93. The zero-order chi connectivity index (χ0) is 15.0. The van der Waals surface area contributed by atoms with E-state index in [0.29, 0.717) is 32.6 Å². The second kappa shape index (κ2) is 5.31. The van der Waals surface area contributed by atoms with E-state index in [-0.39, 0.29) is 0 Å². The number of nitriles is 2. The third-order valence-corrected chi connectivity index (χ3v) is 4.67. The molecule has 1 aromatic carbocycles. The molecule has 100 valence electrons. The van der Waals surface area contributed by atoms with Crippen LogP contribution in [0.3, 0.4) is 0 Å². The summed E-state index contributed by atoms with van der Waals surface area (Å²) >= 11 is 13.6. The predicted molar refractivity (Wildman–Crippen MR) is 83.3 cm³/mol. The van der Waals surface area contributed by atoms with Crippen molar-refractivity contribution < 1.29 is 0 Å². The minimum atomic E-state index is 0.357. The van der Waals surface area contributed by atoms with Gasteiger partial charge in [-0.2, -0.15) is 20.5 Å². The lowest BCUT2D eigenvalue weighted by atomic mass is 9.88. The molecule has 7 heteroatoms. The van der Waals surface area contributed by atoms with E-state index in [1.165, 1.54) is 11.3 Å². The lowest BCUT2D eigenvalue weighted by molar-refractivity contribution is 1.40. The van der Waals surface area contributed by atoms with Gasteiger partial charge in [-0.15, -0.1) is 11.3 Å². The largest absolute Gasteiger partial charge is 0.206 e. The van der Waals surface area contributed by atoms with Gasteiger partial charge in [-0.3, -0.25) is 0 Å². The van der Waals surface area contributed by atoms with Crippen molar-refractivity contribution in [3.63, 3.8) is 0 Å². The maximum atomic E-state index is 8.93. The summed E-state index contributed by atoms with van der Waals surface area (Å²) in [5, 5.41) is 20.4. The second-order valence-corrected chi connectivity index (χ2v) is 5.83. The Morgan fingerprint density at radius 3 is 2.10 bits per heavy atom. The van der Waals surface area contributed by atoms with E-state index < -0.39 is 0 Å². The summed E-state index contributed by atoms with van der Waals surface area (Å²) < 4.78 is 0. The summed E-state index contributed by atoms with van der Waals surface area (Å²) in [4.78, 5) is 8.58. The van der Waals surface area contributed by atoms with Crippen molar-refractivity contribution in [3.05, 3.63) is 55.2 Å². The van der Waals surface area contributed by atoms with Crippen LogP contribution in [0.2, 0.25) is 10.0 Å². The number of hydrogen-bond donors (Lipinski definition) is 0. The number of benzene rings is 1. The highest BCUT2D eigenvalue weighted by atomic mass is 35.5. The Morgan fingerprint density at radius 2 is 1.48 bits per heavy atom. The van der Waals surface area contributed by atoms with Gasteiger partial charge < -0.3 is 0 Å². The number of halogens is 2. The van der Waals surface area contributed by atoms with Gasteiger partial charge in [0.05, 0.1) is 20.6 Å². The standard InChI is InChI=1S/C14H4Cl2N4S/c15-10-3-8-9(4-11(10)16)13(20-6-18)14-7(1-2-21-14)12(8)19-5-17/h1-4H. The molecule has 1 aliphatic carbocycles. The summed E-state index contributed by atoms with van der Waals surface area (Å²) in [5.74, 6) is 0. The Morgan fingerprint density at radius 1 is 0.905 bits per heavy atom. The van der Waals surface area contributed by atoms with Crippen LogP contribution in [0.1, 0.15) is 21.6 Å². The van der Waals surface area contributed by atoms with Crippen LogP contribution in [-0.2, 0) is 0 Å². The highest BCUT2D eigenvalue weighted by Gasteiger charge is 2.29. The molecule has 0 radical (unpaired) electrons. The molecule has 0 spiro atoms. The molecule has 0 aliphatic heterocycles. The van der Waals surface area contributed by atoms with Crippen LogP contribution in [0.4, 0.5) is 0 Å². The topological polar surface area (TPSA) is 72.3 Å². The molecule has 1 heterocycles. The van der Waals surface area contributed by atoms with E-state index in [0.717, 1.165) is 10.4 Å². The lowest BCUT2D eigenvalue weighted by Gasteiger charge is -2.19. The number of fused-ring (bicyclic) bond motifs is 2. The monoisotopic (exact) mass is 330 g/mol. The van der Waals surface area contributed by atoms with Gasteiger partial charge in [0.25, 0.3) is 0 Å². The lowest BCUT2D eigenvalue weighted by Crippen LogP contribution is -2.20. The zero-order valence-corrected chi connectivity index (χ0v) is 12.6. The fraction of sp³-hybridized carbons (Fsp3) is 0. The Kier molecular flexibility index (Phi) is 3.48. The van der Waals surface area contributed by atoms with Crippen LogP contribution in [0, 0.1) is 22.9 Å². The van der Waals surface area contributed by atoms with Crippen molar-refractivity contribution in [2.45, 2.75) is 0 Å². The third-order valence-electron chi connectivity index (χ3n) is 3.03. The number of thiophene rings is 1. The Labute approximate surface area is 134 Å². The van der Waals surface area contributed by atoms with Gasteiger partial charge >= 0.3 is 0 Å². The van der Waals surface area contributed by atoms with E-state index in [1.54, 1.807) is 24.5 Å². The van der Waals surface area contributed by atoms with Gasteiger partial charge in [-0.25, -0.2) is 0 Å². The van der Waals surface area contributed by atoms with Gasteiger partial charge in [0.1, 0.15) is 5.71 Å². The van der Waals surface area contributed by atoms with Crippen molar-refractivity contribution in [3.8, 4) is 12.4 Å². The quantitative estimate of drug-likeness (QED) is 0.584. The number of rotatable bonds is 0. The van der Waals surface area contributed by atoms with Crippen molar-refractivity contribution in [2.24, 2.45) is 9.98 Å². The first kappa shape index (κ1) is 13.8. The average molecular weight is 331 g/mol. The fourth-order valence-electron chi connectivity index (χ4n) is 2.22. The molecular formula is C14H4Cl2N4S. The molecule has 21 heavy (non-hydrogen) atoms. The molecule has 1 aliphatic rings. The predicted octanol–water partition coefficient (Wildman–Crippen LogP) is 4.01. The van der Waals surface area contributed by atoms with Crippen molar-refractivity contribution >= 4 is 46.0 Å². The molecule has 0 amide bonds. The van der Waals surface area contributed by atoms with Crippen LogP contribution in [0.15, 0.2) is 33.6 Å². The number of nitrogens with zero attached hydrogens (tertiary/aromatic N) is 4. The molecule has 0 unspecified atom stereocenters. The third kappa shape index (κ3) is 2.12. The van der Waals surface area contributed by atoms with Crippen molar-refractivity contribution in [2.75, 3.05) is 0 Å². The van der Waals surface area contributed by atoms with E-state index in [9.17, 15) is 0 Å². The molecule has 0 saturated heterocycles. The van der Waals surface area contributed by atoms with Gasteiger partial charge in [-0.05, 0) is 23.6 Å². The van der Waals surface area contributed by atoms with Gasteiger partial charge in [-0.1, -0.05) is 23.2 Å². The molecule has 1 aromatic heterocycles. The molecule has 0 bridgehead atoms. The number of hydrogen-bond acceptors (Lipinski definition) is 5. The highest BCUT2D eigenvalue weighted by Crippen LogP contribution is 2.36.